The van der Waals surface area contributed by atoms with E-state index < -0.39 is 31.0 Å². The van der Waals surface area contributed by atoms with Crippen molar-refractivity contribution in [1.29, 1.82) is 0 Å². The topological polar surface area (TPSA) is 142 Å². The number of hydrogen-bond donors (Lipinski definition) is 7. The van der Waals surface area contributed by atoms with Crippen LogP contribution in [-0.2, 0) is 13.0 Å². The Morgan fingerprint density at radius 2 is 1.35 bits per heavy atom. The van der Waals surface area contributed by atoms with Gasteiger partial charge in [-0.25, -0.2) is 0 Å². The Morgan fingerprint density at radius 1 is 0.774 bits per heavy atom. The van der Waals surface area contributed by atoms with Gasteiger partial charge in [-0.15, -0.1) is 0 Å². The molecule has 0 bridgehead atoms. The lowest BCUT2D eigenvalue weighted by Gasteiger charge is -2.16. The third-order valence-electron chi connectivity index (χ3n) is 5.06. The van der Waals surface area contributed by atoms with Crippen LogP contribution in [0.2, 0.25) is 0 Å². The second-order valence-corrected chi connectivity index (χ2v) is 7.50. The molecule has 7 heteroatoms. The molecule has 2 aromatic rings. The van der Waals surface area contributed by atoms with Gasteiger partial charge in [0.05, 0.1) is 31.0 Å². The molecule has 0 spiro atoms. The molecule has 0 amide bonds. The predicted molar refractivity (Wildman–Crippen MR) is 118 cm³/mol. The van der Waals surface area contributed by atoms with Crippen LogP contribution in [0.3, 0.4) is 0 Å². The zero-order chi connectivity index (χ0) is 23.1. The Hall–Kier alpha value is -2.68. The van der Waals surface area contributed by atoms with Crippen molar-refractivity contribution in [2.24, 2.45) is 0 Å². The molecule has 0 fully saturated rings. The highest BCUT2D eigenvalue weighted by molar-refractivity contribution is 5.65. The SMILES string of the molecule is C[C@H](O)[C@H](O)/C=C/c1cccc(O)c1Cc1ccc(O)c(CO)c1/C=C/[C@@H](O)[C@H](C)O. The molecule has 0 aliphatic heterocycles. The highest BCUT2D eigenvalue weighted by atomic mass is 16.3. The molecular formula is C24H30O7. The molecule has 0 aliphatic carbocycles. The summed E-state index contributed by atoms with van der Waals surface area (Å²) in [6.45, 7) is 2.46. The molecule has 0 aromatic heterocycles. The monoisotopic (exact) mass is 430 g/mol. The van der Waals surface area contributed by atoms with Gasteiger partial charge in [0.15, 0.2) is 0 Å². The maximum Gasteiger partial charge on any atom is 0.121 e. The van der Waals surface area contributed by atoms with Gasteiger partial charge in [0.25, 0.3) is 0 Å². The van der Waals surface area contributed by atoms with Crippen molar-refractivity contribution in [2.75, 3.05) is 0 Å². The van der Waals surface area contributed by atoms with Crippen LogP contribution in [0.4, 0.5) is 0 Å². The summed E-state index contributed by atoms with van der Waals surface area (Å²) >= 11 is 0. The number of rotatable bonds is 9. The number of aliphatic hydroxyl groups excluding tert-OH is 5. The van der Waals surface area contributed by atoms with Gasteiger partial charge in [-0.2, -0.15) is 0 Å². The lowest BCUT2D eigenvalue weighted by atomic mass is 9.91. The first kappa shape index (κ1) is 24.6. The zero-order valence-corrected chi connectivity index (χ0v) is 17.6. The molecule has 0 heterocycles. The van der Waals surface area contributed by atoms with Crippen LogP contribution in [0, 0.1) is 0 Å². The summed E-state index contributed by atoms with van der Waals surface area (Å²) in [5.74, 6) is -0.0962. The molecule has 0 unspecified atom stereocenters. The minimum absolute atomic E-state index is 0.0197. The summed E-state index contributed by atoms with van der Waals surface area (Å²) in [6, 6.07) is 8.02. The van der Waals surface area contributed by atoms with E-state index in [1.54, 1.807) is 24.3 Å². The van der Waals surface area contributed by atoms with Crippen molar-refractivity contribution < 1.29 is 35.7 Å². The molecule has 7 N–H and O–H groups in total. The molecule has 168 valence electrons. The third kappa shape index (κ3) is 6.40. The van der Waals surface area contributed by atoms with Gasteiger partial charge < -0.3 is 35.7 Å². The van der Waals surface area contributed by atoms with Crippen molar-refractivity contribution in [3.8, 4) is 11.5 Å². The fraction of sp³-hybridized carbons (Fsp3) is 0.333. The second-order valence-electron chi connectivity index (χ2n) is 7.50. The molecule has 31 heavy (non-hydrogen) atoms. The summed E-state index contributed by atoms with van der Waals surface area (Å²) < 4.78 is 0. The summed E-state index contributed by atoms with van der Waals surface area (Å²) in [6.07, 6.45) is 2.00. The fourth-order valence-corrected chi connectivity index (χ4v) is 3.08. The van der Waals surface area contributed by atoms with Crippen molar-refractivity contribution >= 4 is 12.2 Å². The van der Waals surface area contributed by atoms with E-state index >= 15 is 0 Å². The molecule has 4 atom stereocenters. The van der Waals surface area contributed by atoms with E-state index in [0.29, 0.717) is 22.3 Å². The van der Waals surface area contributed by atoms with E-state index in [1.807, 2.05) is 0 Å². The van der Waals surface area contributed by atoms with Crippen molar-refractivity contribution in [2.45, 2.75) is 51.3 Å². The normalized spacial score (nSPS) is 16.0. The number of aromatic hydroxyl groups is 2. The highest BCUT2D eigenvalue weighted by Crippen LogP contribution is 2.31. The molecule has 0 saturated carbocycles. The Kier molecular flexibility index (Phi) is 8.79. The average molecular weight is 430 g/mol. The van der Waals surface area contributed by atoms with Crippen molar-refractivity contribution in [3.05, 3.63) is 70.3 Å². The summed E-state index contributed by atoms with van der Waals surface area (Å²) in [4.78, 5) is 0. The Morgan fingerprint density at radius 3 is 1.94 bits per heavy atom. The van der Waals surface area contributed by atoms with Gasteiger partial charge in [-0.1, -0.05) is 42.5 Å². The Bertz CT molecular complexity index is 932. The van der Waals surface area contributed by atoms with E-state index in [4.69, 9.17) is 0 Å². The van der Waals surface area contributed by atoms with Crippen LogP contribution in [0.15, 0.2) is 42.5 Å². The molecule has 7 nitrogen and oxygen atoms in total. The van der Waals surface area contributed by atoms with Crippen LogP contribution >= 0.6 is 0 Å². The number of aliphatic hydroxyl groups is 5. The molecule has 0 radical (unpaired) electrons. The van der Waals surface area contributed by atoms with Crippen LogP contribution < -0.4 is 0 Å². The minimum atomic E-state index is -1.13. The Labute approximate surface area is 181 Å². The van der Waals surface area contributed by atoms with Crippen LogP contribution in [-0.4, -0.2) is 60.2 Å². The first-order chi connectivity index (χ1) is 14.6. The van der Waals surface area contributed by atoms with Gasteiger partial charge >= 0.3 is 0 Å². The van der Waals surface area contributed by atoms with E-state index in [0.717, 1.165) is 0 Å². The number of hydrogen-bond acceptors (Lipinski definition) is 7. The molecule has 2 aromatic carbocycles. The van der Waals surface area contributed by atoms with Crippen LogP contribution in [0.5, 0.6) is 11.5 Å². The fourth-order valence-electron chi connectivity index (χ4n) is 3.08. The number of phenolic OH excluding ortho intramolecular Hbond substituents is 1. The Balaban J connectivity index is 2.52. The first-order valence-corrected chi connectivity index (χ1v) is 9.99. The molecule has 0 saturated heterocycles. The van der Waals surface area contributed by atoms with Gasteiger partial charge in [-0.3, -0.25) is 0 Å². The van der Waals surface area contributed by atoms with Crippen molar-refractivity contribution in [3.63, 3.8) is 0 Å². The smallest absolute Gasteiger partial charge is 0.121 e. The largest absolute Gasteiger partial charge is 0.508 e. The summed E-state index contributed by atoms with van der Waals surface area (Å²) in [7, 11) is 0. The quantitative estimate of drug-likeness (QED) is 0.321. The molecular weight excluding hydrogens is 400 g/mol. The van der Waals surface area contributed by atoms with Crippen molar-refractivity contribution in [1.82, 2.24) is 0 Å². The van der Waals surface area contributed by atoms with Crippen LogP contribution in [0.1, 0.15) is 41.7 Å². The van der Waals surface area contributed by atoms with E-state index in [2.05, 4.69) is 0 Å². The summed E-state index contributed by atoms with van der Waals surface area (Å²) in [5, 5.41) is 69.1. The minimum Gasteiger partial charge on any atom is -0.508 e. The van der Waals surface area contributed by atoms with E-state index in [9.17, 15) is 35.7 Å². The summed E-state index contributed by atoms with van der Waals surface area (Å²) in [5.41, 5.74) is 2.53. The van der Waals surface area contributed by atoms with Crippen LogP contribution in [0.25, 0.3) is 12.2 Å². The number of benzene rings is 2. The van der Waals surface area contributed by atoms with Gasteiger partial charge in [0, 0.05) is 17.5 Å². The lowest BCUT2D eigenvalue weighted by Crippen LogP contribution is -2.19. The van der Waals surface area contributed by atoms with Gasteiger partial charge in [-0.05, 0) is 42.7 Å². The zero-order valence-electron chi connectivity index (χ0n) is 17.6. The lowest BCUT2D eigenvalue weighted by molar-refractivity contribution is 0.0624. The molecule has 2 rings (SSSR count). The predicted octanol–water partition coefficient (Wildman–Crippen LogP) is 1.69. The highest BCUT2D eigenvalue weighted by Gasteiger charge is 2.16. The number of phenols is 2. The second kappa shape index (κ2) is 11.1. The van der Waals surface area contributed by atoms with Gasteiger partial charge in [0.1, 0.15) is 11.5 Å². The standard InChI is InChI=1S/C24H30O7/c1-14(26)21(28)9-6-16-4-3-5-23(30)19(16)12-17-7-10-24(31)20(13-25)18(17)8-11-22(29)15(2)27/h3-11,14-15,21-22,25-31H,12-13H2,1-2H3/b9-6+,11-8+/t14-,15-,21+,22+/m0/s1. The van der Waals surface area contributed by atoms with E-state index in [-0.39, 0.29) is 23.5 Å². The maximum absolute atomic E-state index is 10.5. The average Bonchev–Trinajstić information content (AvgIpc) is 2.72. The molecule has 0 aliphatic rings. The third-order valence-corrected chi connectivity index (χ3v) is 5.06. The maximum atomic E-state index is 10.5. The van der Waals surface area contributed by atoms with Gasteiger partial charge in [0.2, 0.25) is 0 Å². The van der Waals surface area contributed by atoms with E-state index in [1.165, 1.54) is 44.2 Å². The first-order valence-electron chi connectivity index (χ1n) is 9.99.